The first-order valence-corrected chi connectivity index (χ1v) is 3.57. The molecule has 2 N–H and O–H groups in total. The fraction of sp³-hybridized carbons (Fsp3) is 0.750. The smallest absolute Gasteiger partial charge is 0.0664 e. The Kier molecular flexibility index (Phi) is 6.25. The Morgan fingerprint density at radius 1 is 1.70 bits per heavy atom. The SMILES string of the molecule is C#CCCCC(O)CNC. The van der Waals surface area contributed by atoms with Crippen molar-refractivity contribution in [2.45, 2.75) is 25.4 Å². The fourth-order valence-corrected chi connectivity index (χ4v) is 0.777. The van der Waals surface area contributed by atoms with Crippen molar-refractivity contribution >= 4 is 0 Å². The largest absolute Gasteiger partial charge is 0.392 e. The maximum absolute atomic E-state index is 9.14. The molecule has 2 nitrogen and oxygen atoms in total. The average molecular weight is 141 g/mol. The van der Waals surface area contributed by atoms with Crippen LogP contribution in [0.25, 0.3) is 0 Å². The van der Waals surface area contributed by atoms with E-state index in [0.717, 1.165) is 19.3 Å². The Morgan fingerprint density at radius 2 is 2.40 bits per heavy atom. The van der Waals surface area contributed by atoms with E-state index < -0.39 is 0 Å². The number of hydrogen-bond acceptors (Lipinski definition) is 2. The summed E-state index contributed by atoms with van der Waals surface area (Å²) in [5.41, 5.74) is 0. The first kappa shape index (κ1) is 9.48. The highest BCUT2D eigenvalue weighted by Gasteiger charge is 1.99. The van der Waals surface area contributed by atoms with E-state index in [1.165, 1.54) is 0 Å². The molecule has 0 aromatic heterocycles. The lowest BCUT2D eigenvalue weighted by atomic mass is 10.1. The number of aliphatic hydroxyl groups excluding tert-OH is 1. The Bertz CT molecular complexity index is 106. The molecule has 0 aliphatic heterocycles. The highest BCUT2D eigenvalue weighted by atomic mass is 16.3. The second-order valence-electron chi connectivity index (χ2n) is 2.31. The van der Waals surface area contributed by atoms with E-state index in [9.17, 15) is 0 Å². The lowest BCUT2D eigenvalue weighted by Gasteiger charge is -2.07. The van der Waals surface area contributed by atoms with Crippen molar-refractivity contribution in [2.24, 2.45) is 0 Å². The van der Waals surface area contributed by atoms with Gasteiger partial charge < -0.3 is 10.4 Å². The van der Waals surface area contributed by atoms with Crippen LogP contribution < -0.4 is 5.32 Å². The van der Waals surface area contributed by atoms with Crippen LogP contribution in [0.5, 0.6) is 0 Å². The summed E-state index contributed by atoms with van der Waals surface area (Å²) < 4.78 is 0. The Labute approximate surface area is 62.6 Å². The summed E-state index contributed by atoms with van der Waals surface area (Å²) in [7, 11) is 1.82. The van der Waals surface area contributed by atoms with Gasteiger partial charge in [-0.1, -0.05) is 0 Å². The minimum Gasteiger partial charge on any atom is -0.392 e. The number of hydrogen-bond donors (Lipinski definition) is 2. The highest BCUT2D eigenvalue weighted by molar-refractivity contribution is 4.83. The molecule has 0 aliphatic rings. The van der Waals surface area contributed by atoms with Crippen LogP contribution in [0.3, 0.4) is 0 Å². The third-order valence-electron chi connectivity index (χ3n) is 1.30. The van der Waals surface area contributed by atoms with Crippen LogP contribution in [0.2, 0.25) is 0 Å². The van der Waals surface area contributed by atoms with Crippen LogP contribution in [-0.4, -0.2) is 24.8 Å². The van der Waals surface area contributed by atoms with E-state index in [0.29, 0.717) is 6.54 Å². The van der Waals surface area contributed by atoms with Crippen LogP contribution >= 0.6 is 0 Å². The van der Waals surface area contributed by atoms with Gasteiger partial charge in [-0.05, 0) is 19.9 Å². The van der Waals surface area contributed by atoms with Gasteiger partial charge in [0.2, 0.25) is 0 Å². The fourth-order valence-electron chi connectivity index (χ4n) is 0.777. The second-order valence-corrected chi connectivity index (χ2v) is 2.31. The maximum atomic E-state index is 9.14. The molecule has 58 valence electrons. The van der Waals surface area contributed by atoms with Crippen LogP contribution in [0.4, 0.5) is 0 Å². The zero-order valence-corrected chi connectivity index (χ0v) is 6.43. The molecule has 2 heteroatoms. The molecule has 0 bridgehead atoms. The van der Waals surface area contributed by atoms with Gasteiger partial charge in [0, 0.05) is 13.0 Å². The molecule has 1 unspecified atom stereocenters. The molecule has 0 rings (SSSR count). The van der Waals surface area contributed by atoms with Gasteiger partial charge in [-0.15, -0.1) is 12.3 Å². The lowest BCUT2D eigenvalue weighted by Crippen LogP contribution is -2.23. The van der Waals surface area contributed by atoms with Gasteiger partial charge in [0.1, 0.15) is 0 Å². The van der Waals surface area contributed by atoms with E-state index in [1.807, 2.05) is 7.05 Å². The molecule has 0 radical (unpaired) electrons. The van der Waals surface area contributed by atoms with Crippen LogP contribution in [0.15, 0.2) is 0 Å². The third-order valence-corrected chi connectivity index (χ3v) is 1.30. The predicted molar refractivity (Wildman–Crippen MR) is 42.6 cm³/mol. The summed E-state index contributed by atoms with van der Waals surface area (Å²) in [5.74, 6) is 2.53. The van der Waals surface area contributed by atoms with Gasteiger partial charge in [0.15, 0.2) is 0 Å². The normalized spacial score (nSPS) is 12.5. The van der Waals surface area contributed by atoms with Crippen LogP contribution in [0.1, 0.15) is 19.3 Å². The molecule has 0 heterocycles. The summed E-state index contributed by atoms with van der Waals surface area (Å²) in [4.78, 5) is 0. The van der Waals surface area contributed by atoms with Gasteiger partial charge in [-0.25, -0.2) is 0 Å². The zero-order valence-electron chi connectivity index (χ0n) is 6.43. The molecular formula is C8H15NO. The van der Waals surface area contributed by atoms with Crippen molar-refractivity contribution in [2.75, 3.05) is 13.6 Å². The molecule has 0 aromatic rings. The summed E-state index contributed by atoms with van der Waals surface area (Å²) >= 11 is 0. The van der Waals surface area contributed by atoms with Crippen molar-refractivity contribution < 1.29 is 5.11 Å². The molecule has 0 amide bonds. The number of aliphatic hydroxyl groups is 1. The summed E-state index contributed by atoms with van der Waals surface area (Å²) in [6.07, 6.45) is 7.28. The zero-order chi connectivity index (χ0) is 7.82. The Morgan fingerprint density at radius 3 is 2.90 bits per heavy atom. The maximum Gasteiger partial charge on any atom is 0.0664 e. The average Bonchev–Trinajstić information content (AvgIpc) is 1.89. The summed E-state index contributed by atoms with van der Waals surface area (Å²) in [6.45, 7) is 0.657. The number of nitrogens with one attached hydrogen (secondary N) is 1. The van der Waals surface area contributed by atoms with Gasteiger partial charge >= 0.3 is 0 Å². The molecule has 0 fully saturated rings. The third kappa shape index (κ3) is 5.61. The van der Waals surface area contributed by atoms with Crippen molar-refractivity contribution in [3.8, 4) is 12.3 Å². The Hall–Kier alpha value is -0.520. The first-order chi connectivity index (χ1) is 4.81. The summed E-state index contributed by atoms with van der Waals surface area (Å²) in [5, 5.41) is 12.0. The van der Waals surface area contributed by atoms with Crippen LogP contribution in [0, 0.1) is 12.3 Å². The molecule has 0 aliphatic carbocycles. The van der Waals surface area contributed by atoms with E-state index in [2.05, 4.69) is 11.2 Å². The second kappa shape index (κ2) is 6.60. The molecule has 0 spiro atoms. The van der Waals surface area contributed by atoms with Gasteiger partial charge in [-0.3, -0.25) is 0 Å². The molecule has 0 saturated carbocycles. The molecule has 1 atom stereocenters. The minimum absolute atomic E-state index is 0.238. The number of terminal acetylenes is 1. The number of likely N-dealkylation sites (N-methyl/N-ethyl adjacent to an activating group) is 1. The van der Waals surface area contributed by atoms with Crippen molar-refractivity contribution in [1.29, 1.82) is 0 Å². The van der Waals surface area contributed by atoms with E-state index in [4.69, 9.17) is 11.5 Å². The molecule has 0 saturated heterocycles. The van der Waals surface area contributed by atoms with Crippen molar-refractivity contribution in [3.05, 3.63) is 0 Å². The molecular weight excluding hydrogens is 126 g/mol. The lowest BCUT2D eigenvalue weighted by molar-refractivity contribution is 0.162. The van der Waals surface area contributed by atoms with Crippen molar-refractivity contribution in [1.82, 2.24) is 5.32 Å². The number of unbranched alkanes of at least 4 members (excludes halogenated alkanes) is 1. The molecule has 10 heavy (non-hydrogen) atoms. The highest BCUT2D eigenvalue weighted by Crippen LogP contribution is 1.98. The first-order valence-electron chi connectivity index (χ1n) is 3.57. The quantitative estimate of drug-likeness (QED) is 0.428. The van der Waals surface area contributed by atoms with E-state index in [-0.39, 0.29) is 6.10 Å². The standard InChI is InChI=1S/C8H15NO/c1-3-4-5-6-8(10)7-9-2/h1,8-10H,4-7H2,2H3. The topological polar surface area (TPSA) is 32.3 Å². The van der Waals surface area contributed by atoms with Gasteiger partial charge in [0.05, 0.1) is 6.10 Å². The minimum atomic E-state index is -0.238. The predicted octanol–water partition coefficient (Wildman–Crippen LogP) is 0.370. The van der Waals surface area contributed by atoms with E-state index in [1.54, 1.807) is 0 Å². The monoisotopic (exact) mass is 141 g/mol. The number of rotatable bonds is 5. The van der Waals surface area contributed by atoms with Crippen molar-refractivity contribution in [3.63, 3.8) is 0 Å². The van der Waals surface area contributed by atoms with Gasteiger partial charge in [-0.2, -0.15) is 0 Å². The Balaban J connectivity index is 3.06. The summed E-state index contributed by atoms with van der Waals surface area (Å²) in [6, 6.07) is 0. The van der Waals surface area contributed by atoms with Crippen LogP contribution in [-0.2, 0) is 0 Å². The van der Waals surface area contributed by atoms with E-state index >= 15 is 0 Å². The van der Waals surface area contributed by atoms with Gasteiger partial charge in [0.25, 0.3) is 0 Å². The molecule has 0 aromatic carbocycles.